The number of anilines is 1. The van der Waals surface area contributed by atoms with Gasteiger partial charge in [-0.1, -0.05) is 11.6 Å². The predicted octanol–water partition coefficient (Wildman–Crippen LogP) is 1.95. The van der Waals surface area contributed by atoms with Crippen molar-refractivity contribution >= 4 is 23.3 Å². The van der Waals surface area contributed by atoms with Crippen molar-refractivity contribution in [3.63, 3.8) is 0 Å². The quantitative estimate of drug-likeness (QED) is 0.796. The number of carbonyl (C=O) groups excluding carboxylic acids is 1. The van der Waals surface area contributed by atoms with E-state index in [2.05, 4.69) is 15.1 Å². The van der Waals surface area contributed by atoms with Gasteiger partial charge in [-0.15, -0.1) is 0 Å². The lowest BCUT2D eigenvalue weighted by atomic mass is 10.0. The summed E-state index contributed by atoms with van der Waals surface area (Å²) < 4.78 is 5.14. The number of aliphatic hydroxyl groups is 1. The van der Waals surface area contributed by atoms with Crippen LogP contribution in [-0.4, -0.2) is 91.4 Å². The molecular weight excluding hydrogens is 368 g/mol. The van der Waals surface area contributed by atoms with Gasteiger partial charge in [-0.2, -0.15) is 0 Å². The van der Waals surface area contributed by atoms with E-state index in [1.807, 2.05) is 4.90 Å². The zero-order valence-corrected chi connectivity index (χ0v) is 16.6. The number of ether oxygens (including phenoxy) is 1. The van der Waals surface area contributed by atoms with Crippen LogP contribution in [0.4, 0.5) is 10.5 Å². The first-order valence-corrected chi connectivity index (χ1v) is 9.95. The number of piperazine rings is 1. The Labute approximate surface area is 165 Å². The number of hydrogen-bond donors (Lipinski definition) is 2. The Hall–Kier alpha value is -1.54. The molecule has 2 heterocycles. The number of nitrogens with zero attached hydrogens (tertiary/aromatic N) is 3. The highest BCUT2D eigenvalue weighted by Crippen LogP contribution is 2.27. The van der Waals surface area contributed by atoms with E-state index in [1.165, 1.54) is 0 Å². The van der Waals surface area contributed by atoms with Gasteiger partial charge in [0.1, 0.15) is 5.75 Å². The summed E-state index contributed by atoms with van der Waals surface area (Å²) in [5.41, 5.74) is 0.674. The largest absolute Gasteiger partial charge is 0.495 e. The zero-order valence-electron chi connectivity index (χ0n) is 15.9. The number of β-amino-alcohol motifs (C(OH)–C–C–N with tert-alkyl or cyclic N) is 1. The molecule has 0 bridgehead atoms. The molecule has 3 rings (SSSR count). The smallest absolute Gasteiger partial charge is 0.321 e. The van der Waals surface area contributed by atoms with Crippen LogP contribution in [0.5, 0.6) is 5.75 Å². The summed E-state index contributed by atoms with van der Waals surface area (Å²) in [5.74, 6) is 0.592. The van der Waals surface area contributed by atoms with Gasteiger partial charge in [0, 0.05) is 57.5 Å². The normalized spacial score (nSPS) is 19.9. The average molecular weight is 397 g/mol. The van der Waals surface area contributed by atoms with Gasteiger partial charge in [0.2, 0.25) is 0 Å². The van der Waals surface area contributed by atoms with Gasteiger partial charge in [-0.25, -0.2) is 4.79 Å². The van der Waals surface area contributed by atoms with Gasteiger partial charge in [0.25, 0.3) is 0 Å². The molecule has 2 amide bonds. The molecule has 2 aliphatic heterocycles. The molecule has 150 valence electrons. The number of benzene rings is 1. The molecule has 2 fully saturated rings. The van der Waals surface area contributed by atoms with Crippen molar-refractivity contribution in [3.8, 4) is 5.75 Å². The number of amides is 2. The SMILES string of the molecule is COc1ccc(NC(=O)N2CCC(N3CCN(CCO)CC3)CC2)cc1Cl. The third-order valence-electron chi connectivity index (χ3n) is 5.49. The molecule has 1 aromatic carbocycles. The minimum atomic E-state index is -0.0811. The first-order valence-electron chi connectivity index (χ1n) is 9.57. The third-order valence-corrected chi connectivity index (χ3v) is 5.79. The van der Waals surface area contributed by atoms with Crippen molar-refractivity contribution in [2.75, 3.05) is 64.8 Å². The molecule has 0 saturated carbocycles. The second-order valence-electron chi connectivity index (χ2n) is 7.10. The Kier molecular flexibility index (Phi) is 7.18. The number of piperidine rings is 1. The van der Waals surface area contributed by atoms with Gasteiger partial charge in [0.15, 0.2) is 0 Å². The summed E-state index contributed by atoms with van der Waals surface area (Å²) in [5, 5.41) is 12.5. The van der Waals surface area contributed by atoms with Crippen LogP contribution in [0.3, 0.4) is 0 Å². The summed E-state index contributed by atoms with van der Waals surface area (Å²) >= 11 is 6.12. The summed E-state index contributed by atoms with van der Waals surface area (Å²) in [6.07, 6.45) is 1.99. The van der Waals surface area contributed by atoms with E-state index < -0.39 is 0 Å². The fourth-order valence-electron chi connectivity index (χ4n) is 3.87. The van der Waals surface area contributed by atoms with Gasteiger partial charge >= 0.3 is 6.03 Å². The summed E-state index contributed by atoms with van der Waals surface area (Å²) in [6, 6.07) is 5.71. The standard InChI is InChI=1S/C19H29ClN4O3/c1-27-18-3-2-15(14-17(18)20)21-19(26)24-6-4-16(5-7-24)23-10-8-22(9-11-23)12-13-25/h2-3,14,16,25H,4-13H2,1H3,(H,21,26). The van der Waals surface area contributed by atoms with Crippen LogP contribution in [0.1, 0.15) is 12.8 Å². The Morgan fingerprint density at radius 1 is 1.22 bits per heavy atom. The minimum absolute atomic E-state index is 0.0811. The maximum atomic E-state index is 12.5. The predicted molar refractivity (Wildman–Crippen MR) is 107 cm³/mol. The number of hydrogen-bond acceptors (Lipinski definition) is 5. The minimum Gasteiger partial charge on any atom is -0.495 e. The maximum absolute atomic E-state index is 12.5. The average Bonchev–Trinajstić information content (AvgIpc) is 2.69. The molecule has 8 heteroatoms. The van der Waals surface area contributed by atoms with Crippen molar-refractivity contribution in [2.24, 2.45) is 0 Å². The summed E-state index contributed by atoms with van der Waals surface area (Å²) in [7, 11) is 1.57. The molecule has 0 aromatic heterocycles. The molecule has 2 aliphatic rings. The van der Waals surface area contributed by atoms with Gasteiger partial charge in [0.05, 0.1) is 18.7 Å². The lowest BCUT2D eigenvalue weighted by Crippen LogP contribution is -2.54. The van der Waals surface area contributed by atoms with E-state index in [0.717, 1.165) is 58.7 Å². The summed E-state index contributed by atoms with van der Waals surface area (Å²) in [6.45, 7) is 6.63. The molecule has 7 nitrogen and oxygen atoms in total. The molecule has 0 radical (unpaired) electrons. The van der Waals surface area contributed by atoms with Gasteiger partial charge in [-0.05, 0) is 31.0 Å². The molecular formula is C19H29ClN4O3. The van der Waals surface area contributed by atoms with E-state index in [0.29, 0.717) is 22.5 Å². The molecule has 1 aromatic rings. The lowest BCUT2D eigenvalue weighted by Gasteiger charge is -2.42. The van der Waals surface area contributed by atoms with Crippen molar-refractivity contribution < 1.29 is 14.6 Å². The van der Waals surface area contributed by atoms with Crippen LogP contribution in [0.15, 0.2) is 18.2 Å². The van der Waals surface area contributed by atoms with Crippen LogP contribution >= 0.6 is 11.6 Å². The fraction of sp³-hybridized carbons (Fsp3) is 0.632. The number of methoxy groups -OCH3 is 1. The van der Waals surface area contributed by atoms with E-state index in [1.54, 1.807) is 25.3 Å². The first kappa shape index (κ1) is 20.2. The third kappa shape index (κ3) is 5.25. The summed E-state index contributed by atoms with van der Waals surface area (Å²) in [4.78, 5) is 19.2. The van der Waals surface area contributed by atoms with E-state index in [4.69, 9.17) is 21.4 Å². The molecule has 2 N–H and O–H groups in total. The van der Waals surface area contributed by atoms with Gasteiger partial charge < -0.3 is 20.1 Å². The van der Waals surface area contributed by atoms with Crippen molar-refractivity contribution in [2.45, 2.75) is 18.9 Å². The zero-order chi connectivity index (χ0) is 19.2. The van der Waals surface area contributed by atoms with Crippen LogP contribution in [0.25, 0.3) is 0 Å². The second kappa shape index (κ2) is 9.59. The number of rotatable bonds is 5. The second-order valence-corrected chi connectivity index (χ2v) is 7.51. The number of halogens is 1. The molecule has 27 heavy (non-hydrogen) atoms. The molecule has 2 saturated heterocycles. The number of aliphatic hydroxyl groups excluding tert-OH is 1. The highest BCUT2D eigenvalue weighted by atomic mass is 35.5. The van der Waals surface area contributed by atoms with E-state index >= 15 is 0 Å². The van der Waals surface area contributed by atoms with Crippen molar-refractivity contribution in [1.29, 1.82) is 0 Å². The van der Waals surface area contributed by atoms with Gasteiger partial charge in [-0.3, -0.25) is 9.80 Å². The first-order chi connectivity index (χ1) is 13.1. The fourth-order valence-corrected chi connectivity index (χ4v) is 4.13. The molecule has 0 atom stereocenters. The van der Waals surface area contributed by atoms with Crippen LogP contribution in [0, 0.1) is 0 Å². The highest BCUT2D eigenvalue weighted by Gasteiger charge is 2.29. The number of carbonyl (C=O) groups is 1. The van der Waals surface area contributed by atoms with Crippen LogP contribution < -0.4 is 10.1 Å². The highest BCUT2D eigenvalue weighted by molar-refractivity contribution is 6.32. The van der Waals surface area contributed by atoms with Crippen LogP contribution in [-0.2, 0) is 0 Å². The Balaban J connectivity index is 1.45. The molecule has 0 unspecified atom stereocenters. The Morgan fingerprint density at radius 2 is 1.93 bits per heavy atom. The monoisotopic (exact) mass is 396 g/mol. The maximum Gasteiger partial charge on any atom is 0.321 e. The number of likely N-dealkylation sites (tertiary alicyclic amines) is 1. The van der Waals surface area contributed by atoms with Crippen molar-refractivity contribution in [1.82, 2.24) is 14.7 Å². The van der Waals surface area contributed by atoms with E-state index in [-0.39, 0.29) is 12.6 Å². The number of urea groups is 1. The lowest BCUT2D eigenvalue weighted by molar-refractivity contribution is 0.0598. The van der Waals surface area contributed by atoms with Crippen molar-refractivity contribution in [3.05, 3.63) is 23.2 Å². The van der Waals surface area contributed by atoms with E-state index in [9.17, 15) is 4.79 Å². The molecule has 0 aliphatic carbocycles. The molecule has 0 spiro atoms. The Bertz CT molecular complexity index is 629. The number of nitrogens with one attached hydrogen (secondary N) is 1. The van der Waals surface area contributed by atoms with Crippen LogP contribution in [0.2, 0.25) is 5.02 Å². The topological polar surface area (TPSA) is 68.3 Å². The Morgan fingerprint density at radius 3 is 2.52 bits per heavy atom.